The van der Waals surface area contributed by atoms with E-state index < -0.39 is 0 Å². The van der Waals surface area contributed by atoms with Crippen molar-refractivity contribution in [2.45, 2.75) is 20.3 Å². The maximum atomic E-state index is 13.0. The molecule has 4 rings (SSSR count). The first-order valence-electron chi connectivity index (χ1n) is 9.51. The molecule has 3 aromatic heterocycles. The molecule has 4 aromatic rings. The first-order valence-corrected chi connectivity index (χ1v) is 10.3. The van der Waals surface area contributed by atoms with Crippen LogP contribution in [0, 0.1) is 0 Å². The van der Waals surface area contributed by atoms with Crippen LogP contribution in [0.1, 0.15) is 20.3 Å². The largest absolute Gasteiger partial charge is 0.369 e. The number of nitrogens with one attached hydrogen (secondary N) is 1. The van der Waals surface area contributed by atoms with Crippen LogP contribution in [0.2, 0.25) is 0 Å². The lowest BCUT2D eigenvalue weighted by Gasteiger charge is -2.17. The fraction of sp³-hybridized carbons (Fsp3) is 0.333. The van der Waals surface area contributed by atoms with Gasteiger partial charge in [0.25, 0.3) is 0 Å². The van der Waals surface area contributed by atoms with Crippen LogP contribution in [0.25, 0.3) is 25.9 Å². The molecular formula is C21H24N4OS. The van der Waals surface area contributed by atoms with E-state index in [2.05, 4.69) is 29.0 Å². The van der Waals surface area contributed by atoms with Gasteiger partial charge in [0.1, 0.15) is 17.0 Å². The van der Waals surface area contributed by atoms with E-state index in [1.54, 1.807) is 11.3 Å². The van der Waals surface area contributed by atoms with E-state index in [1.807, 2.05) is 47.0 Å². The van der Waals surface area contributed by atoms with Crippen LogP contribution in [0.3, 0.4) is 0 Å². The average molecular weight is 381 g/mol. The summed E-state index contributed by atoms with van der Waals surface area (Å²) in [6.45, 7) is 8.49. The van der Waals surface area contributed by atoms with Crippen LogP contribution in [-0.4, -0.2) is 40.5 Å². The molecule has 0 fully saturated rings. The summed E-state index contributed by atoms with van der Waals surface area (Å²) in [5, 5.41) is 4.17. The van der Waals surface area contributed by atoms with Crippen molar-refractivity contribution in [3.05, 3.63) is 52.8 Å². The van der Waals surface area contributed by atoms with Gasteiger partial charge in [-0.05, 0) is 50.3 Å². The molecule has 0 aliphatic rings. The smallest absolute Gasteiger partial charge is 0.212 e. The number of imidazole rings is 1. The highest BCUT2D eigenvalue weighted by molar-refractivity contribution is 7.24. The molecule has 3 heterocycles. The Bertz CT molecular complexity index is 1140. The average Bonchev–Trinajstić information content (AvgIpc) is 3.11. The lowest BCUT2D eigenvalue weighted by Crippen LogP contribution is -2.25. The van der Waals surface area contributed by atoms with Crippen molar-refractivity contribution >= 4 is 43.1 Å². The standard InChI is InChI=1S/C21H24N4OS/c1-3-24(4-2)13-7-12-22-18-14-25-19(23-18)11-10-17-20(25)21(26)15-8-5-6-9-16(15)27-17/h5-6,8-11,14,22H,3-4,7,12-13H2,1-2H3. The molecule has 0 amide bonds. The van der Waals surface area contributed by atoms with Crippen molar-refractivity contribution in [2.75, 3.05) is 31.5 Å². The molecule has 6 heteroatoms. The van der Waals surface area contributed by atoms with Gasteiger partial charge in [0.15, 0.2) is 0 Å². The second kappa shape index (κ2) is 7.66. The lowest BCUT2D eigenvalue weighted by atomic mass is 10.2. The van der Waals surface area contributed by atoms with Crippen LogP contribution in [0.15, 0.2) is 47.4 Å². The van der Waals surface area contributed by atoms with Crippen LogP contribution >= 0.6 is 11.3 Å². The van der Waals surface area contributed by atoms with Gasteiger partial charge >= 0.3 is 0 Å². The Labute approximate surface area is 162 Å². The molecule has 0 atom stereocenters. The minimum atomic E-state index is 0.0652. The third kappa shape index (κ3) is 3.42. The summed E-state index contributed by atoms with van der Waals surface area (Å²) in [7, 11) is 0. The fourth-order valence-electron chi connectivity index (χ4n) is 3.48. The van der Waals surface area contributed by atoms with Crippen LogP contribution < -0.4 is 10.7 Å². The molecule has 27 heavy (non-hydrogen) atoms. The Morgan fingerprint density at radius 2 is 1.93 bits per heavy atom. The number of aromatic nitrogens is 2. The monoisotopic (exact) mass is 380 g/mol. The first kappa shape index (κ1) is 17.9. The summed E-state index contributed by atoms with van der Waals surface area (Å²) in [6.07, 6.45) is 3.01. The Balaban J connectivity index is 1.65. The zero-order chi connectivity index (χ0) is 18.8. The maximum Gasteiger partial charge on any atom is 0.212 e. The Hall–Kier alpha value is -2.44. The Morgan fingerprint density at radius 3 is 2.74 bits per heavy atom. The topological polar surface area (TPSA) is 49.6 Å². The fourth-order valence-corrected chi connectivity index (χ4v) is 4.55. The Kier molecular flexibility index (Phi) is 5.09. The van der Waals surface area contributed by atoms with E-state index in [0.29, 0.717) is 5.52 Å². The molecule has 5 nitrogen and oxygen atoms in total. The Morgan fingerprint density at radius 1 is 1.11 bits per heavy atom. The second-order valence-electron chi connectivity index (χ2n) is 6.64. The number of pyridine rings is 1. The van der Waals surface area contributed by atoms with Crippen molar-refractivity contribution in [3.63, 3.8) is 0 Å². The van der Waals surface area contributed by atoms with Crippen molar-refractivity contribution in [2.24, 2.45) is 0 Å². The molecule has 1 N–H and O–H groups in total. The highest BCUT2D eigenvalue weighted by Gasteiger charge is 2.11. The molecule has 1 aromatic carbocycles. The summed E-state index contributed by atoms with van der Waals surface area (Å²) < 4.78 is 3.92. The molecular weight excluding hydrogens is 356 g/mol. The zero-order valence-corrected chi connectivity index (χ0v) is 16.6. The van der Waals surface area contributed by atoms with E-state index in [1.165, 1.54) is 0 Å². The van der Waals surface area contributed by atoms with Gasteiger partial charge in [-0.25, -0.2) is 4.98 Å². The molecule has 0 saturated carbocycles. The highest BCUT2D eigenvalue weighted by Crippen LogP contribution is 2.26. The summed E-state index contributed by atoms with van der Waals surface area (Å²) in [4.78, 5) is 20.1. The quantitative estimate of drug-likeness (QED) is 0.385. The van der Waals surface area contributed by atoms with E-state index >= 15 is 0 Å². The molecule has 0 aliphatic carbocycles. The van der Waals surface area contributed by atoms with Gasteiger partial charge in [-0.3, -0.25) is 9.20 Å². The van der Waals surface area contributed by atoms with Gasteiger partial charge in [0.05, 0.1) is 10.9 Å². The normalized spacial score (nSPS) is 11.8. The third-order valence-corrected chi connectivity index (χ3v) is 6.13. The van der Waals surface area contributed by atoms with Gasteiger partial charge in [-0.2, -0.15) is 0 Å². The summed E-state index contributed by atoms with van der Waals surface area (Å²) in [6, 6.07) is 11.8. The van der Waals surface area contributed by atoms with Gasteiger partial charge in [-0.15, -0.1) is 11.3 Å². The van der Waals surface area contributed by atoms with Crippen molar-refractivity contribution < 1.29 is 0 Å². The summed E-state index contributed by atoms with van der Waals surface area (Å²) >= 11 is 1.64. The molecule has 140 valence electrons. The maximum absolute atomic E-state index is 13.0. The van der Waals surface area contributed by atoms with Gasteiger partial charge in [0.2, 0.25) is 5.43 Å². The number of benzene rings is 1. The molecule has 0 aliphatic heterocycles. The number of nitrogens with zero attached hydrogens (tertiary/aromatic N) is 3. The number of hydrogen-bond donors (Lipinski definition) is 1. The van der Waals surface area contributed by atoms with Crippen molar-refractivity contribution in [1.29, 1.82) is 0 Å². The minimum absolute atomic E-state index is 0.0652. The molecule has 0 saturated heterocycles. The molecule has 0 bridgehead atoms. The van der Waals surface area contributed by atoms with E-state index in [-0.39, 0.29) is 5.43 Å². The lowest BCUT2D eigenvalue weighted by molar-refractivity contribution is 0.303. The van der Waals surface area contributed by atoms with Crippen LogP contribution in [-0.2, 0) is 0 Å². The predicted octanol–water partition coefficient (Wildman–Crippen LogP) is 4.21. The van der Waals surface area contributed by atoms with Gasteiger partial charge < -0.3 is 10.2 Å². The number of anilines is 1. The molecule has 0 spiro atoms. The van der Waals surface area contributed by atoms with Gasteiger partial charge in [-0.1, -0.05) is 26.0 Å². The van der Waals surface area contributed by atoms with E-state index in [0.717, 1.165) is 58.9 Å². The SMILES string of the molecule is CCN(CC)CCCNc1cn2c(ccc3sc4ccccc4c(=O)c32)n1. The summed E-state index contributed by atoms with van der Waals surface area (Å²) in [5.41, 5.74) is 1.57. The second-order valence-corrected chi connectivity index (χ2v) is 7.72. The van der Waals surface area contributed by atoms with Crippen LogP contribution in [0.4, 0.5) is 5.82 Å². The molecule has 0 radical (unpaired) electrons. The zero-order valence-electron chi connectivity index (χ0n) is 15.7. The van der Waals surface area contributed by atoms with Crippen molar-refractivity contribution in [3.8, 4) is 0 Å². The van der Waals surface area contributed by atoms with Crippen LogP contribution in [0.5, 0.6) is 0 Å². The van der Waals surface area contributed by atoms with E-state index in [4.69, 9.17) is 0 Å². The highest BCUT2D eigenvalue weighted by atomic mass is 32.1. The first-order chi connectivity index (χ1) is 13.2. The predicted molar refractivity (Wildman–Crippen MR) is 115 cm³/mol. The van der Waals surface area contributed by atoms with Crippen molar-refractivity contribution in [1.82, 2.24) is 14.3 Å². The summed E-state index contributed by atoms with van der Waals surface area (Å²) in [5.74, 6) is 0.819. The van der Waals surface area contributed by atoms with Gasteiger partial charge in [0, 0.05) is 16.6 Å². The molecule has 0 unspecified atom stereocenters. The number of rotatable bonds is 7. The third-order valence-electron chi connectivity index (χ3n) is 5.01. The number of hydrogen-bond acceptors (Lipinski definition) is 5. The number of fused-ring (bicyclic) bond motifs is 4. The van der Waals surface area contributed by atoms with E-state index in [9.17, 15) is 4.79 Å². The minimum Gasteiger partial charge on any atom is -0.369 e.